The summed E-state index contributed by atoms with van der Waals surface area (Å²) in [7, 11) is 0. The lowest BCUT2D eigenvalue weighted by molar-refractivity contribution is -0.157. The van der Waals surface area contributed by atoms with Crippen molar-refractivity contribution in [2.75, 3.05) is 19.8 Å². The molecule has 0 radical (unpaired) electrons. The van der Waals surface area contributed by atoms with Crippen molar-refractivity contribution in [3.63, 3.8) is 0 Å². The maximum absolute atomic E-state index is 12.5. The summed E-state index contributed by atoms with van der Waals surface area (Å²) in [4.78, 5) is 37.6. The van der Waals surface area contributed by atoms with Gasteiger partial charge in [-0.15, -0.1) is 0 Å². The molecule has 1 aromatic carbocycles. The predicted molar refractivity (Wildman–Crippen MR) is 92.5 cm³/mol. The van der Waals surface area contributed by atoms with Gasteiger partial charge in [-0.1, -0.05) is 6.92 Å². The van der Waals surface area contributed by atoms with Gasteiger partial charge in [-0.25, -0.2) is 4.79 Å². The fraction of sp³-hybridized carbons (Fsp3) is 0.526. The van der Waals surface area contributed by atoms with Gasteiger partial charge in [0, 0.05) is 18.5 Å². The second kappa shape index (κ2) is 9.20. The highest BCUT2D eigenvalue weighted by atomic mass is 16.5. The molecule has 1 atom stereocenters. The quantitative estimate of drug-likeness (QED) is 0.560. The molecule has 0 saturated carbocycles. The molecule has 0 aromatic heterocycles. The molecular formula is C19H25NO5. The standard InChI is InChI=1S/C19H25NO5/c1-3-17(21)14-8-10-15(11-9-14)25-13-18(22)20-12-6-5-7-16(20)19(23)24-4-2/h8-11,16H,3-7,12-13H2,1-2H3/t16-/m1/s1. The van der Waals surface area contributed by atoms with Crippen LogP contribution in [-0.4, -0.2) is 48.4 Å². The molecular weight excluding hydrogens is 322 g/mol. The zero-order valence-electron chi connectivity index (χ0n) is 14.8. The van der Waals surface area contributed by atoms with Crippen molar-refractivity contribution in [3.8, 4) is 5.75 Å². The second-order valence-electron chi connectivity index (χ2n) is 5.94. The van der Waals surface area contributed by atoms with E-state index in [-0.39, 0.29) is 24.3 Å². The van der Waals surface area contributed by atoms with Crippen LogP contribution < -0.4 is 4.74 Å². The van der Waals surface area contributed by atoms with Crippen molar-refractivity contribution in [2.24, 2.45) is 0 Å². The van der Waals surface area contributed by atoms with Crippen molar-refractivity contribution in [1.82, 2.24) is 4.90 Å². The van der Waals surface area contributed by atoms with E-state index in [0.717, 1.165) is 12.8 Å². The van der Waals surface area contributed by atoms with Crippen molar-refractivity contribution in [1.29, 1.82) is 0 Å². The van der Waals surface area contributed by atoms with Crippen LogP contribution in [0, 0.1) is 0 Å². The highest BCUT2D eigenvalue weighted by Crippen LogP contribution is 2.19. The highest BCUT2D eigenvalue weighted by molar-refractivity contribution is 5.95. The number of rotatable bonds is 7. The Morgan fingerprint density at radius 1 is 1.12 bits per heavy atom. The summed E-state index contributed by atoms with van der Waals surface area (Å²) in [5.41, 5.74) is 0.625. The van der Waals surface area contributed by atoms with Gasteiger partial charge in [0.05, 0.1) is 6.61 Å². The van der Waals surface area contributed by atoms with E-state index < -0.39 is 6.04 Å². The third kappa shape index (κ3) is 5.05. The van der Waals surface area contributed by atoms with Crippen LogP contribution >= 0.6 is 0 Å². The van der Waals surface area contributed by atoms with Crippen LogP contribution in [-0.2, 0) is 14.3 Å². The van der Waals surface area contributed by atoms with Crippen LogP contribution in [0.15, 0.2) is 24.3 Å². The van der Waals surface area contributed by atoms with Gasteiger partial charge in [0.25, 0.3) is 5.91 Å². The molecule has 0 aliphatic carbocycles. The number of piperidine rings is 1. The van der Waals surface area contributed by atoms with Gasteiger partial charge in [0.2, 0.25) is 0 Å². The van der Waals surface area contributed by atoms with E-state index >= 15 is 0 Å². The fourth-order valence-corrected chi connectivity index (χ4v) is 2.88. The number of hydrogen-bond acceptors (Lipinski definition) is 5. The first-order valence-electron chi connectivity index (χ1n) is 8.79. The van der Waals surface area contributed by atoms with Gasteiger partial charge >= 0.3 is 5.97 Å². The molecule has 0 spiro atoms. The molecule has 0 bridgehead atoms. The number of likely N-dealkylation sites (tertiary alicyclic amines) is 1. The number of ether oxygens (including phenoxy) is 2. The Labute approximate surface area is 148 Å². The number of esters is 1. The predicted octanol–water partition coefficient (Wildman–Crippen LogP) is 2.60. The number of Topliss-reactive ketones (excluding diaryl/α,β-unsaturated/α-hetero) is 1. The van der Waals surface area contributed by atoms with Crippen molar-refractivity contribution < 1.29 is 23.9 Å². The van der Waals surface area contributed by atoms with E-state index in [4.69, 9.17) is 9.47 Å². The Bertz CT molecular complexity index is 611. The Balaban J connectivity index is 1.93. The molecule has 0 unspecified atom stereocenters. The first-order valence-corrected chi connectivity index (χ1v) is 8.79. The Morgan fingerprint density at radius 3 is 2.48 bits per heavy atom. The van der Waals surface area contributed by atoms with E-state index in [1.165, 1.54) is 0 Å². The van der Waals surface area contributed by atoms with Gasteiger partial charge in [0.1, 0.15) is 11.8 Å². The topological polar surface area (TPSA) is 72.9 Å². The average Bonchev–Trinajstić information content (AvgIpc) is 2.66. The molecule has 0 N–H and O–H groups in total. The van der Waals surface area contributed by atoms with Gasteiger partial charge in [-0.3, -0.25) is 9.59 Å². The monoisotopic (exact) mass is 347 g/mol. The molecule has 1 saturated heterocycles. The molecule has 1 heterocycles. The molecule has 6 nitrogen and oxygen atoms in total. The minimum absolute atomic E-state index is 0.0632. The molecule has 1 fully saturated rings. The zero-order chi connectivity index (χ0) is 18.2. The number of amides is 1. The minimum Gasteiger partial charge on any atom is -0.484 e. The number of nitrogens with zero attached hydrogens (tertiary/aromatic N) is 1. The zero-order valence-corrected chi connectivity index (χ0v) is 14.8. The fourth-order valence-electron chi connectivity index (χ4n) is 2.88. The summed E-state index contributed by atoms with van der Waals surface area (Å²) in [6.45, 7) is 4.26. The third-order valence-corrected chi connectivity index (χ3v) is 4.24. The molecule has 1 aliphatic heterocycles. The lowest BCUT2D eigenvalue weighted by atomic mass is 10.0. The van der Waals surface area contributed by atoms with Crippen molar-refractivity contribution in [3.05, 3.63) is 29.8 Å². The first-order chi connectivity index (χ1) is 12.1. The number of carbonyl (C=O) groups excluding carboxylic acids is 3. The lowest BCUT2D eigenvalue weighted by Crippen LogP contribution is -2.50. The smallest absolute Gasteiger partial charge is 0.328 e. The molecule has 25 heavy (non-hydrogen) atoms. The number of hydrogen-bond donors (Lipinski definition) is 0. The summed E-state index contributed by atoms with van der Waals surface area (Å²) in [5.74, 6) is 0.00311. The molecule has 1 aliphatic rings. The number of carbonyl (C=O) groups is 3. The van der Waals surface area contributed by atoms with Crippen LogP contribution in [0.25, 0.3) is 0 Å². The van der Waals surface area contributed by atoms with Crippen LogP contribution in [0.5, 0.6) is 5.75 Å². The van der Waals surface area contributed by atoms with Crippen LogP contribution in [0.3, 0.4) is 0 Å². The summed E-state index contributed by atoms with van der Waals surface area (Å²) in [5, 5.41) is 0. The lowest BCUT2D eigenvalue weighted by Gasteiger charge is -2.33. The summed E-state index contributed by atoms with van der Waals surface area (Å²) in [6.07, 6.45) is 2.85. The van der Waals surface area contributed by atoms with E-state index in [1.807, 2.05) is 6.92 Å². The maximum atomic E-state index is 12.5. The van der Waals surface area contributed by atoms with Gasteiger partial charge < -0.3 is 14.4 Å². The second-order valence-corrected chi connectivity index (χ2v) is 5.94. The molecule has 6 heteroatoms. The Morgan fingerprint density at radius 2 is 1.84 bits per heavy atom. The molecule has 2 rings (SSSR count). The number of benzene rings is 1. The van der Waals surface area contributed by atoms with Crippen LogP contribution in [0.2, 0.25) is 0 Å². The molecule has 136 valence electrons. The van der Waals surface area contributed by atoms with E-state index in [2.05, 4.69) is 0 Å². The molecule has 1 aromatic rings. The van der Waals surface area contributed by atoms with Gasteiger partial charge in [0.15, 0.2) is 12.4 Å². The maximum Gasteiger partial charge on any atom is 0.328 e. The Kier molecular flexibility index (Phi) is 6.98. The third-order valence-electron chi connectivity index (χ3n) is 4.24. The summed E-state index contributed by atoms with van der Waals surface area (Å²) >= 11 is 0. The van der Waals surface area contributed by atoms with E-state index in [0.29, 0.717) is 37.3 Å². The highest BCUT2D eigenvalue weighted by Gasteiger charge is 2.33. The summed E-state index contributed by atoms with van der Waals surface area (Å²) < 4.78 is 10.6. The van der Waals surface area contributed by atoms with Crippen LogP contribution in [0.4, 0.5) is 0 Å². The molecule has 1 amide bonds. The number of ketones is 1. The van der Waals surface area contributed by atoms with Gasteiger partial charge in [-0.05, 0) is 50.5 Å². The van der Waals surface area contributed by atoms with E-state index in [9.17, 15) is 14.4 Å². The SMILES string of the molecule is CCOC(=O)[C@H]1CCCCN1C(=O)COc1ccc(C(=O)CC)cc1. The minimum atomic E-state index is -0.519. The normalized spacial score (nSPS) is 17.0. The van der Waals surface area contributed by atoms with Crippen LogP contribution in [0.1, 0.15) is 49.9 Å². The summed E-state index contributed by atoms with van der Waals surface area (Å²) in [6, 6.07) is 6.21. The Hall–Kier alpha value is -2.37. The first kappa shape index (κ1) is 19.0. The van der Waals surface area contributed by atoms with Crippen molar-refractivity contribution in [2.45, 2.75) is 45.6 Å². The van der Waals surface area contributed by atoms with Crippen molar-refractivity contribution >= 4 is 17.7 Å². The average molecular weight is 347 g/mol. The largest absolute Gasteiger partial charge is 0.484 e. The van der Waals surface area contributed by atoms with Gasteiger partial charge in [-0.2, -0.15) is 0 Å². The van der Waals surface area contributed by atoms with E-state index in [1.54, 1.807) is 36.1 Å².